The van der Waals surface area contributed by atoms with Crippen molar-refractivity contribution in [1.29, 1.82) is 0 Å². The molecule has 3 N–H and O–H groups in total. The number of aromatic nitrogens is 3. The van der Waals surface area contributed by atoms with Crippen LogP contribution in [0.2, 0.25) is 0 Å². The Morgan fingerprint density at radius 3 is 2.71 bits per heavy atom. The maximum atomic E-state index is 12.3. The lowest BCUT2D eigenvalue weighted by atomic mass is 9.91. The molecule has 1 aliphatic heterocycles. The van der Waals surface area contributed by atoms with Crippen LogP contribution in [0.3, 0.4) is 0 Å². The van der Waals surface area contributed by atoms with Crippen LogP contribution in [0.4, 0.5) is 5.82 Å². The van der Waals surface area contributed by atoms with E-state index in [0.29, 0.717) is 18.7 Å². The molecule has 0 fully saturated rings. The minimum absolute atomic E-state index is 0.0320. The highest BCUT2D eigenvalue weighted by atomic mass is 16.4. The molecule has 0 aromatic carbocycles. The van der Waals surface area contributed by atoms with Crippen LogP contribution in [0.15, 0.2) is 24.5 Å². The number of nitrogens with one attached hydrogen (secondary N) is 2. The quantitative estimate of drug-likeness (QED) is 0.404. The minimum atomic E-state index is -0.828. The number of aliphatic carboxylic acids is 1. The normalized spacial score (nSPS) is 14.5. The molecule has 1 unspecified atom stereocenters. The van der Waals surface area contributed by atoms with Crippen molar-refractivity contribution >= 4 is 17.7 Å². The summed E-state index contributed by atoms with van der Waals surface area (Å²) in [7, 11) is 0. The first kappa shape index (κ1) is 25.6. The van der Waals surface area contributed by atoms with Crippen molar-refractivity contribution in [1.82, 2.24) is 20.3 Å². The lowest BCUT2D eigenvalue weighted by Crippen LogP contribution is -2.35. The predicted octanol–water partition coefficient (Wildman–Crippen LogP) is 4.18. The zero-order chi connectivity index (χ0) is 24.3. The molecular weight excluding hydrogens is 430 g/mol. The van der Waals surface area contributed by atoms with Gasteiger partial charge in [0.1, 0.15) is 11.6 Å². The molecule has 0 radical (unpaired) electrons. The zero-order valence-corrected chi connectivity index (χ0v) is 20.3. The largest absolute Gasteiger partial charge is 0.481 e. The van der Waals surface area contributed by atoms with Crippen molar-refractivity contribution in [3.63, 3.8) is 0 Å². The van der Waals surface area contributed by atoms with Crippen LogP contribution in [0, 0.1) is 6.92 Å². The fourth-order valence-electron chi connectivity index (χ4n) is 4.47. The number of hydrogen-bond donors (Lipinski definition) is 3. The summed E-state index contributed by atoms with van der Waals surface area (Å²) in [5.41, 5.74) is 3.15. The van der Waals surface area contributed by atoms with Crippen LogP contribution in [-0.4, -0.2) is 44.5 Å². The molecule has 184 valence electrons. The molecule has 0 spiro atoms. The number of carboxylic acid groups (broad SMARTS) is 1. The molecular formula is C26H37N5O3. The number of carbonyl (C=O) groups excluding carboxylic acids is 1. The Morgan fingerprint density at radius 2 is 1.97 bits per heavy atom. The first-order chi connectivity index (χ1) is 16.4. The topological polar surface area (TPSA) is 117 Å². The van der Waals surface area contributed by atoms with E-state index in [1.807, 2.05) is 13.8 Å². The van der Waals surface area contributed by atoms with E-state index in [0.717, 1.165) is 68.6 Å². The summed E-state index contributed by atoms with van der Waals surface area (Å²) >= 11 is 0. The molecule has 0 saturated carbocycles. The maximum Gasteiger partial charge on any atom is 0.303 e. The second-order valence-electron chi connectivity index (χ2n) is 9.18. The van der Waals surface area contributed by atoms with E-state index in [1.54, 1.807) is 12.4 Å². The number of rotatable bonds is 13. The second-order valence-corrected chi connectivity index (χ2v) is 9.18. The van der Waals surface area contributed by atoms with E-state index in [9.17, 15) is 14.7 Å². The van der Waals surface area contributed by atoms with E-state index in [4.69, 9.17) is 4.98 Å². The van der Waals surface area contributed by atoms with Gasteiger partial charge < -0.3 is 15.7 Å². The molecule has 0 saturated heterocycles. The smallest absolute Gasteiger partial charge is 0.303 e. The highest BCUT2D eigenvalue weighted by Gasteiger charge is 2.19. The van der Waals surface area contributed by atoms with Crippen LogP contribution in [0.1, 0.15) is 86.9 Å². The van der Waals surface area contributed by atoms with Crippen LogP contribution in [-0.2, 0) is 22.4 Å². The van der Waals surface area contributed by atoms with Crippen LogP contribution in [0.25, 0.3) is 0 Å². The van der Waals surface area contributed by atoms with Crippen LogP contribution < -0.4 is 10.6 Å². The number of pyridine rings is 1. The number of nitrogens with zero attached hydrogens (tertiary/aromatic N) is 3. The van der Waals surface area contributed by atoms with Gasteiger partial charge in [-0.3, -0.25) is 9.59 Å². The third-order valence-corrected chi connectivity index (χ3v) is 6.34. The van der Waals surface area contributed by atoms with Crippen molar-refractivity contribution in [2.45, 2.75) is 90.0 Å². The fourth-order valence-corrected chi connectivity index (χ4v) is 4.47. The Kier molecular flexibility index (Phi) is 9.79. The van der Waals surface area contributed by atoms with Crippen LogP contribution >= 0.6 is 0 Å². The molecule has 1 amide bonds. The van der Waals surface area contributed by atoms with Crippen molar-refractivity contribution < 1.29 is 14.7 Å². The highest BCUT2D eigenvalue weighted by molar-refractivity contribution is 5.76. The Bertz CT molecular complexity index is 948. The summed E-state index contributed by atoms with van der Waals surface area (Å²) in [4.78, 5) is 37.0. The van der Waals surface area contributed by atoms with E-state index < -0.39 is 5.97 Å². The van der Waals surface area contributed by atoms with E-state index >= 15 is 0 Å². The Balaban J connectivity index is 1.59. The van der Waals surface area contributed by atoms with Crippen molar-refractivity contribution in [2.75, 3.05) is 11.9 Å². The van der Waals surface area contributed by atoms with Gasteiger partial charge in [-0.1, -0.05) is 19.4 Å². The van der Waals surface area contributed by atoms with Gasteiger partial charge in [-0.2, -0.15) is 0 Å². The average molecular weight is 468 g/mol. The van der Waals surface area contributed by atoms with Gasteiger partial charge in [0.05, 0.1) is 6.42 Å². The summed E-state index contributed by atoms with van der Waals surface area (Å²) < 4.78 is 0. The molecule has 1 aliphatic rings. The van der Waals surface area contributed by atoms with Gasteiger partial charge in [-0.25, -0.2) is 15.0 Å². The number of carbonyl (C=O) groups is 2. The number of fused-ring (bicyclic) bond motifs is 1. The summed E-state index contributed by atoms with van der Waals surface area (Å²) in [6, 6.07) is 4.29. The van der Waals surface area contributed by atoms with Gasteiger partial charge >= 0.3 is 5.97 Å². The molecule has 0 bridgehead atoms. The fraction of sp³-hybridized carbons (Fsp3) is 0.577. The summed E-state index contributed by atoms with van der Waals surface area (Å²) in [5, 5.41) is 15.9. The van der Waals surface area contributed by atoms with Gasteiger partial charge in [-0.15, -0.1) is 0 Å². The van der Waals surface area contributed by atoms with E-state index in [-0.39, 0.29) is 24.3 Å². The number of anilines is 1. The molecule has 3 rings (SSSR count). The first-order valence-corrected chi connectivity index (χ1v) is 12.5. The van der Waals surface area contributed by atoms with Gasteiger partial charge in [0.2, 0.25) is 5.91 Å². The van der Waals surface area contributed by atoms with Gasteiger partial charge in [0.15, 0.2) is 0 Å². The van der Waals surface area contributed by atoms with Crippen molar-refractivity contribution in [2.24, 2.45) is 0 Å². The van der Waals surface area contributed by atoms with Crippen molar-refractivity contribution in [3.8, 4) is 0 Å². The van der Waals surface area contributed by atoms with Gasteiger partial charge in [-0.05, 0) is 75.0 Å². The number of aryl methyl sites for hydroxylation is 3. The molecule has 2 aromatic heterocycles. The highest BCUT2D eigenvalue weighted by Crippen LogP contribution is 2.26. The average Bonchev–Trinajstić information content (AvgIpc) is 2.82. The number of hydrogen-bond acceptors (Lipinski definition) is 6. The third-order valence-electron chi connectivity index (χ3n) is 6.34. The monoisotopic (exact) mass is 467 g/mol. The van der Waals surface area contributed by atoms with E-state index in [1.165, 1.54) is 5.56 Å². The standard InChI is InChI=1S/C26H37N5O3/c1-3-6-24(32)30-22(12-13-23-11-10-19-8-5-14-27-26(19)31-23)9-4-7-20(15-25(33)34)21-16-28-18(2)29-17-21/h10-11,16-17,20,22H,3-9,12-15H2,1-2H3,(H,27,31)(H,30,32)(H,33,34)/t20-,22?/m1/s1. The lowest BCUT2D eigenvalue weighted by Gasteiger charge is -2.21. The third kappa shape index (κ3) is 8.08. The molecule has 8 heteroatoms. The number of amides is 1. The lowest BCUT2D eigenvalue weighted by molar-refractivity contribution is -0.137. The van der Waals surface area contributed by atoms with E-state index in [2.05, 4.69) is 32.7 Å². The maximum absolute atomic E-state index is 12.3. The molecule has 2 atom stereocenters. The van der Waals surface area contributed by atoms with Gasteiger partial charge in [0, 0.05) is 37.1 Å². The summed E-state index contributed by atoms with van der Waals surface area (Å²) in [6.45, 7) is 4.77. The molecule has 34 heavy (non-hydrogen) atoms. The summed E-state index contributed by atoms with van der Waals surface area (Å²) in [6.07, 6.45) is 10.9. The zero-order valence-electron chi connectivity index (χ0n) is 20.3. The summed E-state index contributed by atoms with van der Waals surface area (Å²) in [5.74, 6) is 0.764. The van der Waals surface area contributed by atoms with Crippen LogP contribution in [0.5, 0.6) is 0 Å². The molecule has 8 nitrogen and oxygen atoms in total. The Hall–Kier alpha value is -3.03. The van der Waals surface area contributed by atoms with Gasteiger partial charge in [0.25, 0.3) is 0 Å². The molecule has 2 aromatic rings. The minimum Gasteiger partial charge on any atom is -0.481 e. The predicted molar refractivity (Wildman–Crippen MR) is 132 cm³/mol. The first-order valence-electron chi connectivity index (χ1n) is 12.5. The second kappa shape index (κ2) is 13.0. The van der Waals surface area contributed by atoms with Crippen molar-refractivity contribution in [3.05, 3.63) is 47.2 Å². The Morgan fingerprint density at radius 1 is 1.18 bits per heavy atom. The molecule has 0 aliphatic carbocycles. The Labute approximate surface area is 202 Å². The SMILES string of the molecule is CCCC(=O)NC(CCC[C@H](CC(=O)O)c1cnc(C)nc1)CCc1ccc2c(n1)NCCC2. The number of carboxylic acids is 1. The molecule has 3 heterocycles.